The topological polar surface area (TPSA) is 56.3 Å². The SMILES string of the molecule is CNc1ccc(/C=C/c2cnc(OCCOCCF)nc2)cc1. The Bertz CT molecular complexity index is 600. The monoisotopic (exact) mass is 317 g/mol. The van der Waals surface area contributed by atoms with Gasteiger partial charge in [-0.3, -0.25) is 0 Å². The number of nitrogens with one attached hydrogen (secondary N) is 1. The summed E-state index contributed by atoms with van der Waals surface area (Å²) >= 11 is 0. The largest absolute Gasteiger partial charge is 0.461 e. The van der Waals surface area contributed by atoms with Crippen LogP contribution in [-0.2, 0) is 4.74 Å². The molecule has 0 aliphatic rings. The first kappa shape index (κ1) is 16.9. The van der Waals surface area contributed by atoms with Gasteiger partial charge in [0.15, 0.2) is 0 Å². The Labute approximate surface area is 135 Å². The standard InChI is InChI=1S/C17H20FN3O2/c1-19-16-6-4-14(5-7-16)2-3-15-12-20-17(21-13-15)23-11-10-22-9-8-18/h2-7,12-13,19H,8-11H2,1H3/b3-2+. The van der Waals surface area contributed by atoms with Gasteiger partial charge in [-0.15, -0.1) is 0 Å². The number of alkyl halides is 1. The molecule has 0 radical (unpaired) electrons. The van der Waals surface area contributed by atoms with Crippen LogP contribution in [0.5, 0.6) is 6.01 Å². The highest BCUT2D eigenvalue weighted by atomic mass is 19.1. The minimum Gasteiger partial charge on any atom is -0.461 e. The molecule has 0 bridgehead atoms. The number of hydrogen-bond acceptors (Lipinski definition) is 5. The Morgan fingerprint density at radius 2 is 1.70 bits per heavy atom. The summed E-state index contributed by atoms with van der Waals surface area (Å²) in [6.45, 7) is 0.211. The fourth-order valence-electron chi connectivity index (χ4n) is 1.79. The molecule has 1 aromatic carbocycles. The zero-order valence-electron chi connectivity index (χ0n) is 13.0. The van der Waals surface area contributed by atoms with Crippen molar-refractivity contribution < 1.29 is 13.9 Å². The van der Waals surface area contributed by atoms with Crippen molar-refractivity contribution in [3.63, 3.8) is 0 Å². The summed E-state index contributed by atoms with van der Waals surface area (Å²) in [7, 11) is 1.89. The van der Waals surface area contributed by atoms with Crippen molar-refractivity contribution in [3.8, 4) is 6.01 Å². The van der Waals surface area contributed by atoms with Crippen molar-refractivity contribution in [2.24, 2.45) is 0 Å². The maximum Gasteiger partial charge on any atom is 0.316 e. The third-order valence-corrected chi connectivity index (χ3v) is 3.00. The maximum absolute atomic E-state index is 11.8. The minimum atomic E-state index is -0.491. The molecule has 0 saturated heterocycles. The van der Waals surface area contributed by atoms with E-state index in [0.29, 0.717) is 13.2 Å². The third-order valence-electron chi connectivity index (χ3n) is 3.00. The van der Waals surface area contributed by atoms with Gasteiger partial charge in [0.25, 0.3) is 0 Å². The number of hydrogen-bond donors (Lipinski definition) is 1. The van der Waals surface area contributed by atoms with Crippen LogP contribution in [0.25, 0.3) is 12.2 Å². The molecule has 0 aliphatic carbocycles. The van der Waals surface area contributed by atoms with Gasteiger partial charge in [-0.2, -0.15) is 0 Å². The average Bonchev–Trinajstić information content (AvgIpc) is 2.61. The molecule has 122 valence electrons. The second kappa shape index (κ2) is 9.53. The third kappa shape index (κ3) is 6.04. The van der Waals surface area contributed by atoms with Gasteiger partial charge in [0.05, 0.1) is 13.2 Å². The minimum absolute atomic E-state index is 0.0866. The highest BCUT2D eigenvalue weighted by Gasteiger charge is 1.97. The number of anilines is 1. The van der Waals surface area contributed by atoms with Gasteiger partial charge >= 0.3 is 6.01 Å². The quantitative estimate of drug-likeness (QED) is 0.720. The highest BCUT2D eigenvalue weighted by molar-refractivity contribution is 5.69. The average molecular weight is 317 g/mol. The van der Waals surface area contributed by atoms with Crippen LogP contribution in [0.4, 0.5) is 10.1 Å². The Kier molecular flexibility index (Phi) is 7.00. The number of aromatic nitrogens is 2. The molecule has 2 aromatic rings. The van der Waals surface area contributed by atoms with Crippen molar-refractivity contribution in [3.05, 3.63) is 47.8 Å². The van der Waals surface area contributed by atoms with Gasteiger partial charge in [-0.25, -0.2) is 14.4 Å². The molecule has 0 fully saturated rings. The molecule has 0 spiro atoms. The second-order valence-electron chi connectivity index (χ2n) is 4.65. The van der Waals surface area contributed by atoms with E-state index in [1.165, 1.54) is 0 Å². The lowest BCUT2D eigenvalue weighted by atomic mass is 10.1. The van der Waals surface area contributed by atoms with Crippen molar-refractivity contribution >= 4 is 17.8 Å². The summed E-state index contributed by atoms with van der Waals surface area (Å²) in [5.41, 5.74) is 3.04. The summed E-state index contributed by atoms with van der Waals surface area (Å²) in [5, 5.41) is 3.08. The van der Waals surface area contributed by atoms with E-state index in [2.05, 4.69) is 15.3 Å². The van der Waals surface area contributed by atoms with Crippen molar-refractivity contribution in [1.82, 2.24) is 9.97 Å². The molecular formula is C17H20FN3O2. The molecule has 0 saturated carbocycles. The normalized spacial score (nSPS) is 10.9. The Morgan fingerprint density at radius 1 is 1.00 bits per heavy atom. The molecule has 1 aromatic heterocycles. The van der Waals surface area contributed by atoms with E-state index < -0.39 is 6.67 Å². The fraction of sp³-hybridized carbons (Fsp3) is 0.294. The number of halogens is 1. The van der Waals surface area contributed by atoms with Crippen LogP contribution in [0, 0.1) is 0 Å². The molecule has 0 amide bonds. The highest BCUT2D eigenvalue weighted by Crippen LogP contribution is 2.12. The summed E-state index contributed by atoms with van der Waals surface area (Å²) in [4.78, 5) is 8.22. The zero-order chi connectivity index (χ0) is 16.3. The van der Waals surface area contributed by atoms with Crippen molar-refractivity contribution in [1.29, 1.82) is 0 Å². The van der Waals surface area contributed by atoms with Crippen LogP contribution in [0.3, 0.4) is 0 Å². The van der Waals surface area contributed by atoms with Crippen LogP contribution >= 0.6 is 0 Å². The van der Waals surface area contributed by atoms with Crippen molar-refractivity contribution in [2.45, 2.75) is 0 Å². The predicted molar refractivity (Wildman–Crippen MR) is 89.2 cm³/mol. The van der Waals surface area contributed by atoms with Crippen molar-refractivity contribution in [2.75, 3.05) is 38.9 Å². The second-order valence-corrected chi connectivity index (χ2v) is 4.65. The van der Waals surface area contributed by atoms with E-state index in [0.717, 1.165) is 16.8 Å². The molecule has 0 atom stereocenters. The molecule has 1 N–H and O–H groups in total. The number of benzene rings is 1. The lowest BCUT2D eigenvalue weighted by Gasteiger charge is -2.04. The van der Waals surface area contributed by atoms with Crippen LogP contribution in [0.1, 0.15) is 11.1 Å². The van der Waals surface area contributed by atoms with Crippen LogP contribution < -0.4 is 10.1 Å². The molecular weight excluding hydrogens is 297 g/mol. The summed E-state index contributed by atoms with van der Waals surface area (Å²) in [5.74, 6) is 0. The molecule has 1 heterocycles. The summed E-state index contributed by atoms with van der Waals surface area (Å²) in [6, 6.07) is 8.36. The molecule has 5 nitrogen and oxygen atoms in total. The number of rotatable bonds is 9. The van der Waals surface area contributed by atoms with Gasteiger partial charge in [-0.05, 0) is 17.7 Å². The Hall–Kier alpha value is -2.47. The van der Waals surface area contributed by atoms with Gasteiger partial charge in [0.2, 0.25) is 0 Å². The number of ether oxygens (including phenoxy) is 2. The van der Waals surface area contributed by atoms with Gasteiger partial charge < -0.3 is 14.8 Å². The van der Waals surface area contributed by atoms with E-state index in [4.69, 9.17) is 9.47 Å². The Morgan fingerprint density at radius 3 is 2.35 bits per heavy atom. The molecule has 6 heteroatoms. The van der Waals surface area contributed by atoms with E-state index in [9.17, 15) is 4.39 Å². The molecule has 23 heavy (non-hydrogen) atoms. The smallest absolute Gasteiger partial charge is 0.316 e. The first-order valence-electron chi connectivity index (χ1n) is 7.36. The first-order chi connectivity index (χ1) is 11.3. The molecule has 2 rings (SSSR count). The van der Waals surface area contributed by atoms with Crippen LogP contribution in [0.2, 0.25) is 0 Å². The van der Waals surface area contributed by atoms with E-state index in [1.54, 1.807) is 12.4 Å². The zero-order valence-corrected chi connectivity index (χ0v) is 13.0. The van der Waals surface area contributed by atoms with Crippen LogP contribution in [0.15, 0.2) is 36.7 Å². The maximum atomic E-state index is 11.8. The summed E-state index contributed by atoms with van der Waals surface area (Å²) in [6.07, 6.45) is 7.29. The van der Waals surface area contributed by atoms with Gasteiger partial charge in [0, 0.05) is 30.7 Å². The Balaban J connectivity index is 1.82. The molecule has 0 aliphatic heterocycles. The first-order valence-corrected chi connectivity index (χ1v) is 7.36. The van der Waals surface area contributed by atoms with E-state index in [1.807, 2.05) is 43.5 Å². The fourth-order valence-corrected chi connectivity index (χ4v) is 1.79. The molecule has 0 unspecified atom stereocenters. The number of nitrogens with zero attached hydrogens (tertiary/aromatic N) is 2. The lowest BCUT2D eigenvalue weighted by molar-refractivity contribution is 0.0868. The van der Waals surface area contributed by atoms with E-state index >= 15 is 0 Å². The van der Waals surface area contributed by atoms with E-state index in [-0.39, 0.29) is 12.6 Å². The van der Waals surface area contributed by atoms with Crippen LogP contribution in [-0.4, -0.2) is 43.5 Å². The summed E-state index contributed by atoms with van der Waals surface area (Å²) < 4.78 is 22.1. The van der Waals surface area contributed by atoms with Gasteiger partial charge in [-0.1, -0.05) is 24.3 Å². The predicted octanol–water partition coefficient (Wildman–Crippen LogP) is 3.05. The lowest BCUT2D eigenvalue weighted by Crippen LogP contribution is -2.09. The van der Waals surface area contributed by atoms with Gasteiger partial charge in [0.1, 0.15) is 13.3 Å².